The minimum atomic E-state index is -0.791. The number of halogens is 1. The Morgan fingerprint density at radius 2 is 1.31 bits per heavy atom. The first-order valence-electron chi connectivity index (χ1n) is 3.86. The van der Waals surface area contributed by atoms with Gasteiger partial charge in [-0.2, -0.15) is 0 Å². The van der Waals surface area contributed by atoms with Gasteiger partial charge in [0.2, 0.25) is 0 Å². The minimum Gasteiger partial charge on any atom is -0.394 e. The van der Waals surface area contributed by atoms with Crippen molar-refractivity contribution < 1.29 is 20.4 Å². The second-order valence-electron chi connectivity index (χ2n) is 2.89. The van der Waals surface area contributed by atoms with Gasteiger partial charge in [-0.3, -0.25) is 0 Å². The van der Waals surface area contributed by atoms with Crippen LogP contribution < -0.4 is 0 Å². The summed E-state index contributed by atoms with van der Waals surface area (Å²) in [4.78, 5) is 1.64. The average molecular weight is 216 g/mol. The van der Waals surface area contributed by atoms with E-state index in [1.807, 2.05) is 0 Å². The second-order valence-corrected chi connectivity index (χ2v) is 2.89. The third kappa shape index (κ3) is 8.42. The Morgan fingerprint density at radius 1 is 1.00 bits per heavy atom. The molecule has 82 valence electrons. The van der Waals surface area contributed by atoms with Gasteiger partial charge in [-0.25, -0.2) is 0 Å². The fourth-order valence-corrected chi connectivity index (χ4v) is 0.910. The van der Waals surface area contributed by atoms with E-state index in [1.54, 1.807) is 11.9 Å². The lowest BCUT2D eigenvalue weighted by Gasteiger charge is -2.21. The molecule has 13 heavy (non-hydrogen) atoms. The molecule has 0 fully saturated rings. The first-order chi connectivity index (χ1) is 5.60. The summed E-state index contributed by atoms with van der Waals surface area (Å²) in [5, 5.41) is 34.9. The summed E-state index contributed by atoms with van der Waals surface area (Å²) in [7, 11) is 1.69. The lowest BCUT2D eigenvalue weighted by Crippen LogP contribution is -2.37. The summed E-state index contributed by atoms with van der Waals surface area (Å²) in [6.07, 6.45) is -1.58. The molecule has 0 aromatic heterocycles. The van der Waals surface area contributed by atoms with Crippen molar-refractivity contribution in [3.05, 3.63) is 0 Å². The van der Waals surface area contributed by atoms with E-state index >= 15 is 0 Å². The van der Waals surface area contributed by atoms with Crippen molar-refractivity contribution in [2.24, 2.45) is 0 Å². The van der Waals surface area contributed by atoms with Crippen LogP contribution in [0, 0.1) is 0 Å². The normalized spacial score (nSPS) is 15.2. The van der Waals surface area contributed by atoms with Crippen molar-refractivity contribution in [2.75, 3.05) is 33.4 Å². The predicted molar refractivity (Wildman–Crippen MR) is 50.9 cm³/mol. The number of nitrogens with zero attached hydrogens (tertiary/aromatic N) is 1. The third-order valence-corrected chi connectivity index (χ3v) is 1.47. The summed E-state index contributed by atoms with van der Waals surface area (Å²) in [5.74, 6) is 0. The van der Waals surface area contributed by atoms with E-state index in [2.05, 4.69) is 0 Å². The van der Waals surface area contributed by atoms with Crippen LogP contribution in [0.3, 0.4) is 0 Å². The Hall–Kier alpha value is 0.0900. The van der Waals surface area contributed by atoms with Gasteiger partial charge in [0.15, 0.2) is 0 Å². The molecule has 0 aliphatic carbocycles. The molecular formula is C7H18ClNO4. The molecule has 0 aliphatic rings. The molecule has 0 spiro atoms. The molecule has 4 N–H and O–H groups in total. The lowest BCUT2D eigenvalue weighted by atomic mass is 10.3. The van der Waals surface area contributed by atoms with Crippen LogP contribution in [-0.2, 0) is 0 Å². The van der Waals surface area contributed by atoms with Crippen LogP contribution >= 0.6 is 12.4 Å². The fourth-order valence-electron chi connectivity index (χ4n) is 0.910. The predicted octanol–water partition coefficient (Wildman–Crippen LogP) is -1.95. The van der Waals surface area contributed by atoms with Crippen LogP contribution in [-0.4, -0.2) is 70.9 Å². The molecule has 0 aromatic carbocycles. The van der Waals surface area contributed by atoms with Crippen molar-refractivity contribution >= 4 is 12.4 Å². The summed E-state index contributed by atoms with van der Waals surface area (Å²) in [6.45, 7) is -0.0137. The van der Waals surface area contributed by atoms with Gasteiger partial charge in [0.1, 0.15) is 0 Å². The van der Waals surface area contributed by atoms with Crippen molar-refractivity contribution in [3.63, 3.8) is 0 Å². The van der Waals surface area contributed by atoms with Crippen LogP contribution in [0.4, 0.5) is 0 Å². The molecule has 0 bridgehead atoms. The minimum absolute atomic E-state index is 0. The molecular weight excluding hydrogens is 198 g/mol. The van der Waals surface area contributed by atoms with Gasteiger partial charge >= 0.3 is 0 Å². The zero-order valence-corrected chi connectivity index (χ0v) is 8.44. The summed E-state index contributed by atoms with van der Waals surface area (Å²) < 4.78 is 0. The summed E-state index contributed by atoms with van der Waals surface area (Å²) >= 11 is 0. The van der Waals surface area contributed by atoms with E-state index in [1.165, 1.54) is 0 Å². The van der Waals surface area contributed by atoms with Crippen molar-refractivity contribution in [1.29, 1.82) is 0 Å². The number of aliphatic hydroxyl groups is 4. The van der Waals surface area contributed by atoms with Gasteiger partial charge in [-0.05, 0) is 7.05 Å². The van der Waals surface area contributed by atoms with Gasteiger partial charge in [0.25, 0.3) is 0 Å². The molecule has 0 rings (SSSR count). The largest absolute Gasteiger partial charge is 0.394 e. The third-order valence-electron chi connectivity index (χ3n) is 1.47. The monoisotopic (exact) mass is 215 g/mol. The van der Waals surface area contributed by atoms with Gasteiger partial charge < -0.3 is 25.3 Å². The standard InChI is InChI=1S/C7H17NO4.ClH/c1-8(2-6(11)4-9)3-7(12)5-10;/h6-7,9-12H,2-5H2,1H3;1H. The van der Waals surface area contributed by atoms with Crippen molar-refractivity contribution in [3.8, 4) is 0 Å². The Labute approximate surface area is 84.0 Å². The molecule has 0 aromatic rings. The topological polar surface area (TPSA) is 84.2 Å². The SMILES string of the molecule is CN(CC(O)CO)CC(O)CO.Cl. The van der Waals surface area contributed by atoms with Crippen LogP contribution in [0.15, 0.2) is 0 Å². The zero-order valence-electron chi connectivity index (χ0n) is 7.63. The zero-order chi connectivity index (χ0) is 9.56. The molecule has 0 heterocycles. The number of rotatable bonds is 6. The Kier molecular flexibility index (Phi) is 10.4. The van der Waals surface area contributed by atoms with Crippen molar-refractivity contribution in [2.45, 2.75) is 12.2 Å². The van der Waals surface area contributed by atoms with Gasteiger partial charge in [-0.1, -0.05) is 0 Å². The maximum atomic E-state index is 8.98. The first-order valence-corrected chi connectivity index (χ1v) is 3.86. The maximum Gasteiger partial charge on any atom is 0.0897 e. The molecule has 5 nitrogen and oxygen atoms in total. The van der Waals surface area contributed by atoms with Crippen molar-refractivity contribution in [1.82, 2.24) is 4.90 Å². The molecule has 0 aliphatic heterocycles. The Bertz CT molecular complexity index is 105. The first kappa shape index (κ1) is 15.6. The second kappa shape index (κ2) is 8.68. The van der Waals surface area contributed by atoms with E-state index < -0.39 is 12.2 Å². The molecule has 0 saturated carbocycles. The van der Waals surface area contributed by atoms with E-state index in [-0.39, 0.29) is 38.7 Å². The van der Waals surface area contributed by atoms with E-state index in [9.17, 15) is 0 Å². The van der Waals surface area contributed by atoms with Crippen LogP contribution in [0.1, 0.15) is 0 Å². The van der Waals surface area contributed by atoms with Gasteiger partial charge in [-0.15, -0.1) is 12.4 Å². The van der Waals surface area contributed by atoms with Crippen LogP contribution in [0.2, 0.25) is 0 Å². The summed E-state index contributed by atoms with van der Waals surface area (Å²) in [6, 6.07) is 0. The van der Waals surface area contributed by atoms with Crippen LogP contribution in [0.5, 0.6) is 0 Å². The molecule has 2 atom stereocenters. The van der Waals surface area contributed by atoms with E-state index in [4.69, 9.17) is 20.4 Å². The fraction of sp³-hybridized carbons (Fsp3) is 1.00. The molecule has 6 heteroatoms. The van der Waals surface area contributed by atoms with Gasteiger partial charge in [0.05, 0.1) is 25.4 Å². The highest BCUT2D eigenvalue weighted by atomic mass is 35.5. The number of hydrogen-bond donors (Lipinski definition) is 4. The lowest BCUT2D eigenvalue weighted by molar-refractivity contribution is 0.0327. The number of hydrogen-bond acceptors (Lipinski definition) is 5. The average Bonchev–Trinajstić information content (AvgIpc) is 2.03. The number of likely N-dealkylation sites (N-methyl/N-ethyl adjacent to an activating group) is 1. The van der Waals surface area contributed by atoms with E-state index in [0.717, 1.165) is 0 Å². The quantitative estimate of drug-likeness (QED) is 0.414. The molecule has 0 saturated heterocycles. The maximum absolute atomic E-state index is 8.98. The van der Waals surface area contributed by atoms with Crippen LogP contribution in [0.25, 0.3) is 0 Å². The Morgan fingerprint density at radius 3 is 1.54 bits per heavy atom. The molecule has 0 amide bonds. The molecule has 2 unspecified atom stereocenters. The van der Waals surface area contributed by atoms with Gasteiger partial charge in [0, 0.05) is 13.1 Å². The highest BCUT2D eigenvalue weighted by Crippen LogP contribution is 1.91. The Balaban J connectivity index is 0. The van der Waals surface area contributed by atoms with E-state index in [0.29, 0.717) is 0 Å². The summed E-state index contributed by atoms with van der Waals surface area (Å²) in [5.41, 5.74) is 0. The smallest absolute Gasteiger partial charge is 0.0897 e. The molecule has 0 radical (unpaired) electrons. The number of aliphatic hydroxyl groups excluding tert-OH is 4. The highest BCUT2D eigenvalue weighted by Gasteiger charge is 2.10. The highest BCUT2D eigenvalue weighted by molar-refractivity contribution is 5.85.